The number of hydrogen-bond donors (Lipinski definition) is 6. The quantitative estimate of drug-likeness (QED) is 0.159. The molecule has 0 aromatic heterocycles. The summed E-state index contributed by atoms with van der Waals surface area (Å²) in [5.74, 6) is 0. The molecular formula is C24H39N3O9S3. The molecule has 3 aromatic rings. The molecule has 0 aliphatic rings. The van der Waals surface area contributed by atoms with E-state index in [1.54, 1.807) is 0 Å². The van der Waals surface area contributed by atoms with Gasteiger partial charge in [0.2, 0.25) is 0 Å². The maximum Gasteiger partial charge on any atom is 0.261 e. The summed E-state index contributed by atoms with van der Waals surface area (Å²) in [6.07, 6.45) is 2.15. The molecule has 39 heavy (non-hydrogen) atoms. The van der Waals surface area contributed by atoms with E-state index in [1.165, 1.54) is 0 Å². The first kappa shape index (κ1) is 40.3. The standard InChI is InChI=1S/3C7H9N.3CH4O3S/c3*1-6-4-2-3-5-7(6)8;3*1-5(2,3)4/h3*2-5H,8H2,1H3;3*1H3,(H,2,3,4). The van der Waals surface area contributed by atoms with Crippen molar-refractivity contribution < 1.29 is 38.9 Å². The normalized spacial score (nSPS) is 10.1. The molecule has 0 fully saturated rings. The summed E-state index contributed by atoms with van der Waals surface area (Å²) in [6, 6.07) is 23.4. The minimum atomic E-state index is -3.67. The molecule has 3 rings (SSSR count). The predicted octanol–water partition coefficient (Wildman–Crippen LogP) is 3.24. The van der Waals surface area contributed by atoms with Crippen molar-refractivity contribution in [3.05, 3.63) is 89.5 Å². The van der Waals surface area contributed by atoms with Crippen molar-refractivity contribution in [3.63, 3.8) is 0 Å². The van der Waals surface area contributed by atoms with Gasteiger partial charge in [0.15, 0.2) is 0 Å². The number of para-hydroxylation sites is 3. The Kier molecular flexibility index (Phi) is 20.5. The molecule has 222 valence electrons. The van der Waals surface area contributed by atoms with Crippen LogP contribution in [0.25, 0.3) is 0 Å². The van der Waals surface area contributed by atoms with Crippen LogP contribution >= 0.6 is 0 Å². The molecule has 3 aromatic carbocycles. The summed E-state index contributed by atoms with van der Waals surface area (Å²) < 4.78 is 77.6. The van der Waals surface area contributed by atoms with Gasteiger partial charge >= 0.3 is 0 Å². The maximum absolute atomic E-state index is 9.19. The summed E-state index contributed by atoms with van der Waals surface area (Å²) in [5, 5.41) is 0. The van der Waals surface area contributed by atoms with Gasteiger partial charge < -0.3 is 17.2 Å². The highest BCUT2D eigenvalue weighted by atomic mass is 32.2. The van der Waals surface area contributed by atoms with Crippen LogP contribution in [-0.4, -0.2) is 57.7 Å². The topological polar surface area (TPSA) is 241 Å². The smallest absolute Gasteiger partial charge is 0.261 e. The van der Waals surface area contributed by atoms with Crippen molar-refractivity contribution in [2.75, 3.05) is 36.0 Å². The van der Waals surface area contributed by atoms with E-state index in [1.807, 2.05) is 93.6 Å². The van der Waals surface area contributed by atoms with Crippen molar-refractivity contribution >= 4 is 47.4 Å². The molecule has 0 radical (unpaired) electrons. The second-order valence-electron chi connectivity index (χ2n) is 7.77. The Labute approximate surface area is 232 Å². The number of hydrogen-bond acceptors (Lipinski definition) is 9. The van der Waals surface area contributed by atoms with Crippen LogP contribution in [0.4, 0.5) is 17.1 Å². The van der Waals surface area contributed by atoms with E-state index in [0.717, 1.165) is 33.8 Å². The summed E-state index contributed by atoms with van der Waals surface area (Å²) in [6.45, 7) is 5.99. The van der Waals surface area contributed by atoms with Gasteiger partial charge in [-0.1, -0.05) is 54.6 Å². The van der Waals surface area contributed by atoms with Crippen LogP contribution in [0.15, 0.2) is 72.8 Å². The summed E-state index contributed by atoms with van der Waals surface area (Å²) in [5.41, 5.74) is 22.6. The van der Waals surface area contributed by atoms with Gasteiger partial charge in [-0.25, -0.2) is 0 Å². The fraction of sp³-hybridized carbons (Fsp3) is 0.250. The largest absolute Gasteiger partial charge is 0.399 e. The lowest BCUT2D eigenvalue weighted by Crippen LogP contribution is -1.88. The molecule has 0 bridgehead atoms. The van der Waals surface area contributed by atoms with Crippen molar-refractivity contribution in [2.45, 2.75) is 20.8 Å². The summed E-state index contributed by atoms with van der Waals surface area (Å²) in [4.78, 5) is 0. The zero-order valence-electron chi connectivity index (χ0n) is 22.7. The first-order valence-electron chi connectivity index (χ1n) is 10.6. The Morgan fingerprint density at radius 1 is 0.436 bits per heavy atom. The fourth-order valence-electron chi connectivity index (χ4n) is 1.76. The third-order valence-electron chi connectivity index (χ3n) is 3.57. The van der Waals surface area contributed by atoms with Crippen LogP contribution in [0.2, 0.25) is 0 Å². The van der Waals surface area contributed by atoms with Gasteiger partial charge in [0.05, 0.1) is 18.8 Å². The van der Waals surface area contributed by atoms with Crippen molar-refractivity contribution in [1.29, 1.82) is 0 Å². The fourth-order valence-corrected chi connectivity index (χ4v) is 1.76. The molecule has 0 saturated heterocycles. The Bertz CT molecular complexity index is 1170. The number of nitrogen functional groups attached to an aromatic ring is 3. The van der Waals surface area contributed by atoms with E-state index in [-0.39, 0.29) is 0 Å². The number of nitrogens with two attached hydrogens (primary N) is 3. The van der Waals surface area contributed by atoms with E-state index < -0.39 is 30.4 Å². The summed E-state index contributed by atoms with van der Waals surface area (Å²) >= 11 is 0. The van der Waals surface area contributed by atoms with Gasteiger partial charge in [-0.15, -0.1) is 0 Å². The Balaban J connectivity index is -0.000000406. The number of benzene rings is 3. The molecule has 0 atom stereocenters. The van der Waals surface area contributed by atoms with Crippen LogP contribution in [0.1, 0.15) is 16.7 Å². The second kappa shape index (κ2) is 19.8. The SMILES string of the molecule is CS(=O)(=O)O.CS(=O)(=O)O.CS(=O)(=O)O.Cc1ccccc1N.Cc1ccccc1N.Cc1ccccc1N. The average Bonchev–Trinajstić information content (AvgIpc) is 2.72. The molecule has 9 N–H and O–H groups in total. The van der Waals surface area contributed by atoms with Gasteiger partial charge in [0.25, 0.3) is 30.4 Å². The summed E-state index contributed by atoms with van der Waals surface area (Å²) in [7, 11) is -11.0. The van der Waals surface area contributed by atoms with Crippen LogP contribution in [0.3, 0.4) is 0 Å². The Morgan fingerprint density at radius 3 is 0.641 bits per heavy atom. The molecule has 0 saturated carbocycles. The van der Waals surface area contributed by atoms with Crippen LogP contribution in [0.5, 0.6) is 0 Å². The van der Waals surface area contributed by atoms with Crippen molar-refractivity contribution in [2.24, 2.45) is 0 Å². The number of anilines is 3. The molecule has 0 spiro atoms. The average molecular weight is 610 g/mol. The lowest BCUT2D eigenvalue weighted by atomic mass is 10.2. The third-order valence-corrected chi connectivity index (χ3v) is 3.57. The molecule has 0 aliphatic carbocycles. The lowest BCUT2D eigenvalue weighted by molar-refractivity contribution is 0.488. The van der Waals surface area contributed by atoms with E-state index >= 15 is 0 Å². The molecule has 0 heterocycles. The van der Waals surface area contributed by atoms with Crippen LogP contribution in [-0.2, 0) is 30.4 Å². The van der Waals surface area contributed by atoms with E-state index in [4.69, 9.17) is 30.9 Å². The highest BCUT2D eigenvalue weighted by Crippen LogP contribution is 2.07. The van der Waals surface area contributed by atoms with Gasteiger partial charge in [0, 0.05) is 17.1 Å². The van der Waals surface area contributed by atoms with E-state index in [0.29, 0.717) is 18.8 Å². The molecule has 12 nitrogen and oxygen atoms in total. The van der Waals surface area contributed by atoms with Gasteiger partial charge in [-0.05, 0) is 55.7 Å². The van der Waals surface area contributed by atoms with Gasteiger partial charge in [0.1, 0.15) is 0 Å². The first-order chi connectivity index (χ1) is 17.4. The van der Waals surface area contributed by atoms with E-state index in [9.17, 15) is 25.3 Å². The second-order valence-corrected chi connectivity index (χ2v) is 12.2. The molecule has 0 amide bonds. The Morgan fingerprint density at radius 2 is 0.564 bits per heavy atom. The number of aryl methyl sites for hydroxylation is 3. The van der Waals surface area contributed by atoms with Crippen LogP contribution in [0, 0.1) is 20.8 Å². The van der Waals surface area contributed by atoms with Crippen LogP contribution < -0.4 is 17.2 Å². The number of rotatable bonds is 0. The predicted molar refractivity (Wildman–Crippen MR) is 159 cm³/mol. The highest BCUT2D eigenvalue weighted by molar-refractivity contribution is 7.85. The maximum atomic E-state index is 9.19. The highest BCUT2D eigenvalue weighted by Gasteiger charge is 1.86. The van der Waals surface area contributed by atoms with Crippen molar-refractivity contribution in [1.82, 2.24) is 0 Å². The lowest BCUT2D eigenvalue weighted by Gasteiger charge is -1.93. The minimum Gasteiger partial charge on any atom is -0.399 e. The first-order valence-corrected chi connectivity index (χ1v) is 16.2. The van der Waals surface area contributed by atoms with Crippen molar-refractivity contribution in [3.8, 4) is 0 Å². The Hall–Kier alpha value is -3.21. The van der Waals surface area contributed by atoms with E-state index in [2.05, 4.69) is 0 Å². The minimum absolute atomic E-state index is 0.715. The zero-order valence-corrected chi connectivity index (χ0v) is 25.1. The third kappa shape index (κ3) is 42.1. The molecule has 0 aliphatic heterocycles. The van der Waals surface area contributed by atoms with Gasteiger partial charge in [-0.2, -0.15) is 25.3 Å². The molecular weight excluding hydrogens is 570 g/mol. The monoisotopic (exact) mass is 609 g/mol. The van der Waals surface area contributed by atoms with Gasteiger partial charge in [-0.3, -0.25) is 13.7 Å². The zero-order chi connectivity index (χ0) is 31.4. The molecule has 15 heteroatoms. The molecule has 0 unspecified atom stereocenters.